The van der Waals surface area contributed by atoms with Crippen LogP contribution in [0.3, 0.4) is 0 Å². The van der Waals surface area contributed by atoms with E-state index in [1.165, 1.54) is 29.7 Å². The Kier molecular flexibility index (Phi) is 7.47. The lowest BCUT2D eigenvalue weighted by molar-refractivity contribution is -0.0189. The molecule has 2 atom stereocenters. The van der Waals surface area contributed by atoms with Crippen LogP contribution in [0.1, 0.15) is 75.6 Å². The van der Waals surface area contributed by atoms with Crippen LogP contribution < -0.4 is 5.56 Å². The summed E-state index contributed by atoms with van der Waals surface area (Å²) in [6.45, 7) is 7.69. The standard InChI is InChI=1S/C24H37N3O3S/c1-15(2)30-14-18(28)12-27(17-7-5-4-6-8-17)13-21-25-23(29)22-19-10-9-16(3)11-20(19)31-24(22)26-21/h15-18,28H,4-14H2,1-3H3,(H,25,26,29)/t16-,18+/m1/s1. The van der Waals surface area contributed by atoms with Crippen LogP contribution in [0.15, 0.2) is 4.79 Å². The van der Waals surface area contributed by atoms with Gasteiger partial charge in [-0.25, -0.2) is 4.98 Å². The van der Waals surface area contributed by atoms with Crippen LogP contribution in [0.4, 0.5) is 0 Å². The quantitative estimate of drug-likeness (QED) is 0.639. The molecule has 0 aliphatic heterocycles. The predicted molar refractivity (Wildman–Crippen MR) is 126 cm³/mol. The van der Waals surface area contributed by atoms with E-state index in [0.717, 1.165) is 42.3 Å². The van der Waals surface area contributed by atoms with Crippen molar-refractivity contribution in [2.24, 2.45) is 5.92 Å². The molecule has 0 saturated heterocycles. The largest absolute Gasteiger partial charge is 0.389 e. The maximum absolute atomic E-state index is 13.0. The van der Waals surface area contributed by atoms with Gasteiger partial charge in [-0.2, -0.15) is 0 Å². The summed E-state index contributed by atoms with van der Waals surface area (Å²) in [5, 5.41) is 11.4. The number of nitrogens with zero attached hydrogens (tertiary/aromatic N) is 2. The Morgan fingerprint density at radius 3 is 2.77 bits per heavy atom. The zero-order chi connectivity index (χ0) is 22.0. The number of fused-ring (bicyclic) bond motifs is 3. The van der Waals surface area contributed by atoms with Crippen molar-refractivity contribution in [3.05, 3.63) is 26.6 Å². The number of aliphatic hydroxyl groups excluding tert-OH is 1. The van der Waals surface area contributed by atoms with Crippen molar-refractivity contribution in [2.75, 3.05) is 13.2 Å². The fraction of sp³-hybridized carbons (Fsp3) is 0.750. The van der Waals surface area contributed by atoms with Crippen LogP contribution in [-0.2, 0) is 24.1 Å². The first-order valence-electron chi connectivity index (χ1n) is 12.0. The summed E-state index contributed by atoms with van der Waals surface area (Å²) in [7, 11) is 0. The zero-order valence-electron chi connectivity index (χ0n) is 19.2. The summed E-state index contributed by atoms with van der Waals surface area (Å²) in [4.78, 5) is 25.5. The number of ether oxygens (including phenoxy) is 1. The molecule has 1 saturated carbocycles. The van der Waals surface area contributed by atoms with Crippen molar-refractivity contribution in [1.82, 2.24) is 14.9 Å². The number of aromatic amines is 1. The third-order valence-electron chi connectivity index (χ3n) is 6.73. The maximum Gasteiger partial charge on any atom is 0.259 e. The van der Waals surface area contributed by atoms with Gasteiger partial charge in [-0.05, 0) is 57.4 Å². The van der Waals surface area contributed by atoms with Gasteiger partial charge in [-0.15, -0.1) is 11.3 Å². The molecule has 0 bridgehead atoms. The number of rotatable bonds is 8. The average Bonchev–Trinajstić information content (AvgIpc) is 3.10. The highest BCUT2D eigenvalue weighted by Crippen LogP contribution is 2.35. The molecule has 1 fully saturated rings. The Balaban J connectivity index is 1.56. The molecule has 2 aromatic heterocycles. The third kappa shape index (κ3) is 5.56. The van der Waals surface area contributed by atoms with Gasteiger partial charge in [0.2, 0.25) is 0 Å². The van der Waals surface area contributed by atoms with E-state index < -0.39 is 6.10 Å². The molecule has 7 heteroatoms. The van der Waals surface area contributed by atoms with Gasteiger partial charge in [-0.3, -0.25) is 9.69 Å². The highest BCUT2D eigenvalue weighted by atomic mass is 32.1. The van der Waals surface area contributed by atoms with Crippen LogP contribution >= 0.6 is 11.3 Å². The molecule has 2 aromatic rings. The van der Waals surface area contributed by atoms with Crippen molar-refractivity contribution < 1.29 is 9.84 Å². The summed E-state index contributed by atoms with van der Waals surface area (Å²) in [6, 6.07) is 0.417. The lowest BCUT2D eigenvalue weighted by Crippen LogP contribution is -2.43. The van der Waals surface area contributed by atoms with Crippen LogP contribution in [0.25, 0.3) is 10.2 Å². The Morgan fingerprint density at radius 2 is 2.03 bits per heavy atom. The van der Waals surface area contributed by atoms with E-state index in [9.17, 15) is 9.90 Å². The molecule has 4 rings (SSSR count). The summed E-state index contributed by atoms with van der Waals surface area (Å²) in [5.74, 6) is 1.39. The normalized spacial score (nSPS) is 21.2. The number of aromatic nitrogens is 2. The van der Waals surface area contributed by atoms with Crippen molar-refractivity contribution in [3.63, 3.8) is 0 Å². The average molecular weight is 448 g/mol. The Labute approximate surface area is 189 Å². The minimum absolute atomic E-state index is 0.000614. The highest BCUT2D eigenvalue weighted by molar-refractivity contribution is 7.18. The van der Waals surface area contributed by atoms with Crippen molar-refractivity contribution in [2.45, 2.75) is 96.9 Å². The lowest BCUT2D eigenvalue weighted by Gasteiger charge is -2.35. The molecule has 0 spiro atoms. The van der Waals surface area contributed by atoms with E-state index in [1.807, 2.05) is 13.8 Å². The van der Waals surface area contributed by atoms with E-state index in [-0.39, 0.29) is 11.7 Å². The van der Waals surface area contributed by atoms with Crippen LogP contribution in [-0.4, -0.2) is 51.4 Å². The molecular formula is C24H37N3O3S. The predicted octanol–water partition coefficient (Wildman–Crippen LogP) is 4.03. The van der Waals surface area contributed by atoms with E-state index in [2.05, 4.69) is 16.8 Å². The van der Waals surface area contributed by atoms with E-state index >= 15 is 0 Å². The first-order valence-corrected chi connectivity index (χ1v) is 12.8. The van der Waals surface area contributed by atoms with Gasteiger partial charge < -0.3 is 14.8 Å². The monoisotopic (exact) mass is 447 g/mol. The van der Waals surface area contributed by atoms with Gasteiger partial charge in [0.05, 0.1) is 30.7 Å². The smallest absolute Gasteiger partial charge is 0.259 e. The van der Waals surface area contributed by atoms with E-state index in [1.54, 1.807) is 11.3 Å². The molecular weight excluding hydrogens is 410 g/mol. The maximum atomic E-state index is 13.0. The molecule has 2 N–H and O–H groups in total. The molecule has 2 aliphatic rings. The fourth-order valence-corrected chi connectivity index (χ4v) is 6.48. The van der Waals surface area contributed by atoms with Gasteiger partial charge in [0.25, 0.3) is 5.56 Å². The second kappa shape index (κ2) is 10.1. The minimum atomic E-state index is -0.546. The minimum Gasteiger partial charge on any atom is -0.389 e. The molecule has 6 nitrogen and oxygen atoms in total. The van der Waals surface area contributed by atoms with Crippen LogP contribution in [0.5, 0.6) is 0 Å². The van der Waals surface area contributed by atoms with E-state index in [0.29, 0.717) is 37.5 Å². The Morgan fingerprint density at radius 1 is 1.26 bits per heavy atom. The number of aliphatic hydroxyl groups is 1. The number of hydrogen-bond donors (Lipinski definition) is 2. The Bertz CT molecular complexity index is 932. The molecule has 172 valence electrons. The second-order valence-electron chi connectivity index (χ2n) is 9.80. The molecule has 2 heterocycles. The van der Waals surface area contributed by atoms with Gasteiger partial charge in [-0.1, -0.05) is 26.2 Å². The summed E-state index contributed by atoms with van der Waals surface area (Å²) >= 11 is 1.70. The third-order valence-corrected chi connectivity index (χ3v) is 7.87. The van der Waals surface area contributed by atoms with Crippen molar-refractivity contribution in [1.29, 1.82) is 0 Å². The summed E-state index contributed by atoms with van der Waals surface area (Å²) in [5.41, 5.74) is 1.23. The Hall–Kier alpha value is -1.28. The lowest BCUT2D eigenvalue weighted by atomic mass is 9.89. The van der Waals surface area contributed by atoms with Gasteiger partial charge in [0, 0.05) is 17.5 Å². The van der Waals surface area contributed by atoms with Gasteiger partial charge in [0.1, 0.15) is 10.7 Å². The molecule has 0 unspecified atom stereocenters. The summed E-state index contributed by atoms with van der Waals surface area (Å²) < 4.78 is 5.63. The molecule has 31 heavy (non-hydrogen) atoms. The number of thiophene rings is 1. The van der Waals surface area contributed by atoms with Gasteiger partial charge in [0.15, 0.2) is 0 Å². The van der Waals surface area contributed by atoms with Crippen molar-refractivity contribution in [3.8, 4) is 0 Å². The first-order chi connectivity index (χ1) is 14.9. The topological polar surface area (TPSA) is 78.5 Å². The summed E-state index contributed by atoms with van der Waals surface area (Å²) in [6.07, 6.45) is 8.73. The number of H-pyrrole nitrogens is 1. The highest BCUT2D eigenvalue weighted by Gasteiger charge is 2.26. The molecule has 0 amide bonds. The van der Waals surface area contributed by atoms with E-state index in [4.69, 9.17) is 9.72 Å². The first kappa shape index (κ1) is 22.9. The molecule has 2 aliphatic carbocycles. The van der Waals surface area contributed by atoms with Gasteiger partial charge >= 0.3 is 0 Å². The number of aryl methyl sites for hydroxylation is 1. The number of nitrogens with one attached hydrogen (secondary N) is 1. The molecule has 0 radical (unpaired) electrons. The van der Waals surface area contributed by atoms with Crippen LogP contribution in [0, 0.1) is 5.92 Å². The second-order valence-corrected chi connectivity index (χ2v) is 10.9. The number of hydrogen-bond acceptors (Lipinski definition) is 6. The molecule has 0 aromatic carbocycles. The van der Waals surface area contributed by atoms with Crippen molar-refractivity contribution >= 4 is 21.6 Å². The fourth-order valence-electron chi connectivity index (χ4n) is 5.08. The zero-order valence-corrected chi connectivity index (χ0v) is 20.0. The SMILES string of the molecule is CC(C)OC[C@@H](O)CN(Cc1nc2sc3c(c2c(=O)[nH]1)CC[C@@H](C)C3)C1CCCCC1. The van der Waals surface area contributed by atoms with Crippen LogP contribution in [0.2, 0.25) is 0 Å².